The minimum Gasteiger partial charge on any atom is -0.338 e. The third kappa shape index (κ3) is 2.63. The second-order valence-electron chi connectivity index (χ2n) is 5.00. The van der Waals surface area contributed by atoms with Gasteiger partial charge < -0.3 is 4.90 Å². The molecule has 1 fully saturated rings. The lowest BCUT2D eigenvalue weighted by Crippen LogP contribution is -2.28. The summed E-state index contributed by atoms with van der Waals surface area (Å²) in [6.45, 7) is 6.15. The van der Waals surface area contributed by atoms with Crippen LogP contribution in [0.5, 0.6) is 0 Å². The lowest BCUT2D eigenvalue weighted by Gasteiger charge is -2.16. The Hall–Kier alpha value is -1.02. The van der Waals surface area contributed by atoms with E-state index in [1.54, 1.807) is 0 Å². The third-order valence-corrected chi connectivity index (χ3v) is 3.94. The molecule has 3 heteroatoms. The van der Waals surface area contributed by atoms with Gasteiger partial charge in [-0.25, -0.2) is 0 Å². The lowest BCUT2D eigenvalue weighted by atomic mass is 10.0. The van der Waals surface area contributed by atoms with Crippen molar-refractivity contribution in [3.05, 3.63) is 35.4 Å². The van der Waals surface area contributed by atoms with Gasteiger partial charge in [0.25, 0.3) is 5.91 Å². The molecule has 1 aromatic carbocycles. The molecule has 0 spiro atoms. The number of carbonyl (C=O) groups is 1. The number of carbonyl (C=O) groups excluding carboxylic acids is 1. The molecule has 2 unspecified atom stereocenters. The monoisotopic (exact) mass is 251 g/mol. The Morgan fingerprint density at radius 3 is 2.24 bits per heavy atom. The van der Waals surface area contributed by atoms with Gasteiger partial charge in [-0.2, -0.15) is 0 Å². The van der Waals surface area contributed by atoms with Crippen molar-refractivity contribution in [3.8, 4) is 0 Å². The fourth-order valence-electron chi connectivity index (χ4n) is 2.21. The van der Waals surface area contributed by atoms with Crippen LogP contribution in [0.2, 0.25) is 0 Å². The molecule has 0 radical (unpaired) electrons. The summed E-state index contributed by atoms with van der Waals surface area (Å²) in [5.74, 6) is 1.83. The number of alkyl halides is 1. The van der Waals surface area contributed by atoms with Crippen LogP contribution in [-0.4, -0.2) is 23.9 Å². The van der Waals surface area contributed by atoms with Gasteiger partial charge in [0.2, 0.25) is 0 Å². The van der Waals surface area contributed by atoms with E-state index in [0.717, 1.165) is 24.2 Å². The summed E-state index contributed by atoms with van der Waals surface area (Å²) < 4.78 is 0. The van der Waals surface area contributed by atoms with Crippen LogP contribution in [0.25, 0.3) is 0 Å². The van der Waals surface area contributed by atoms with E-state index in [2.05, 4.69) is 13.8 Å². The van der Waals surface area contributed by atoms with Crippen LogP contribution < -0.4 is 0 Å². The highest BCUT2D eigenvalue weighted by molar-refractivity contribution is 6.17. The highest BCUT2D eigenvalue weighted by Crippen LogP contribution is 2.23. The molecule has 1 aliphatic rings. The zero-order chi connectivity index (χ0) is 12.4. The first kappa shape index (κ1) is 12.4. The van der Waals surface area contributed by atoms with Crippen LogP contribution >= 0.6 is 11.6 Å². The van der Waals surface area contributed by atoms with Gasteiger partial charge in [-0.15, -0.1) is 11.6 Å². The van der Waals surface area contributed by atoms with Gasteiger partial charge >= 0.3 is 0 Å². The number of nitrogens with zero attached hydrogens (tertiary/aromatic N) is 1. The second kappa shape index (κ2) is 5.09. The fraction of sp³-hybridized carbons (Fsp3) is 0.500. The molecule has 1 aliphatic heterocycles. The van der Waals surface area contributed by atoms with Crippen LogP contribution in [-0.2, 0) is 5.88 Å². The Morgan fingerprint density at radius 2 is 1.76 bits per heavy atom. The van der Waals surface area contributed by atoms with Crippen molar-refractivity contribution in [2.45, 2.75) is 19.7 Å². The number of likely N-dealkylation sites (tertiary alicyclic amines) is 1. The maximum atomic E-state index is 12.2. The van der Waals surface area contributed by atoms with Gasteiger partial charge in [0.1, 0.15) is 0 Å². The van der Waals surface area contributed by atoms with Crippen LogP contribution in [0.3, 0.4) is 0 Å². The van der Waals surface area contributed by atoms with E-state index in [1.807, 2.05) is 29.2 Å². The van der Waals surface area contributed by atoms with Gasteiger partial charge in [-0.3, -0.25) is 4.79 Å². The van der Waals surface area contributed by atoms with Crippen molar-refractivity contribution >= 4 is 17.5 Å². The molecule has 0 aromatic heterocycles. The molecule has 1 aromatic rings. The normalized spacial score (nSPS) is 24.1. The summed E-state index contributed by atoms with van der Waals surface area (Å²) in [4.78, 5) is 14.2. The summed E-state index contributed by atoms with van der Waals surface area (Å²) in [6, 6.07) is 7.58. The lowest BCUT2D eigenvalue weighted by molar-refractivity contribution is 0.0785. The van der Waals surface area contributed by atoms with Crippen LogP contribution in [0.1, 0.15) is 29.8 Å². The predicted octanol–water partition coefficient (Wildman–Crippen LogP) is 3.15. The molecule has 92 valence electrons. The molecule has 0 bridgehead atoms. The van der Waals surface area contributed by atoms with Crippen LogP contribution in [0, 0.1) is 11.8 Å². The summed E-state index contributed by atoms with van der Waals surface area (Å²) in [6.07, 6.45) is 0. The average Bonchev–Trinajstić information content (AvgIpc) is 2.69. The van der Waals surface area contributed by atoms with E-state index in [1.165, 1.54) is 0 Å². The molecule has 17 heavy (non-hydrogen) atoms. The van der Waals surface area contributed by atoms with E-state index >= 15 is 0 Å². The Labute approximate surface area is 108 Å². The molecule has 1 heterocycles. The summed E-state index contributed by atoms with van der Waals surface area (Å²) in [7, 11) is 0. The van der Waals surface area contributed by atoms with Crippen molar-refractivity contribution in [2.75, 3.05) is 13.1 Å². The maximum Gasteiger partial charge on any atom is 0.253 e. The highest BCUT2D eigenvalue weighted by atomic mass is 35.5. The fourth-order valence-corrected chi connectivity index (χ4v) is 2.39. The van der Waals surface area contributed by atoms with E-state index in [0.29, 0.717) is 17.7 Å². The largest absolute Gasteiger partial charge is 0.338 e. The molecule has 1 saturated heterocycles. The molecule has 0 aliphatic carbocycles. The van der Waals surface area contributed by atoms with E-state index in [9.17, 15) is 4.79 Å². The van der Waals surface area contributed by atoms with Crippen LogP contribution in [0.4, 0.5) is 0 Å². The first-order valence-corrected chi connectivity index (χ1v) is 6.59. The number of amides is 1. The topological polar surface area (TPSA) is 20.3 Å². The van der Waals surface area contributed by atoms with Crippen molar-refractivity contribution < 1.29 is 4.79 Å². The SMILES string of the molecule is CC1CN(C(=O)c2ccc(CCl)cc2)CC1C. The molecule has 2 rings (SSSR count). The average molecular weight is 252 g/mol. The molecule has 0 N–H and O–H groups in total. The summed E-state index contributed by atoms with van der Waals surface area (Å²) >= 11 is 5.73. The van der Waals surface area contributed by atoms with Gasteiger partial charge in [-0.05, 0) is 29.5 Å². The number of hydrogen-bond donors (Lipinski definition) is 0. The van der Waals surface area contributed by atoms with Crippen molar-refractivity contribution in [1.29, 1.82) is 0 Å². The minimum absolute atomic E-state index is 0.141. The zero-order valence-electron chi connectivity index (χ0n) is 10.3. The Morgan fingerprint density at radius 1 is 1.24 bits per heavy atom. The summed E-state index contributed by atoms with van der Waals surface area (Å²) in [5, 5.41) is 0. The van der Waals surface area contributed by atoms with Crippen molar-refractivity contribution in [3.63, 3.8) is 0 Å². The van der Waals surface area contributed by atoms with E-state index in [-0.39, 0.29) is 5.91 Å². The molecule has 0 saturated carbocycles. The minimum atomic E-state index is 0.141. The van der Waals surface area contributed by atoms with Crippen LogP contribution in [0.15, 0.2) is 24.3 Å². The smallest absolute Gasteiger partial charge is 0.253 e. The number of hydrogen-bond acceptors (Lipinski definition) is 1. The van der Waals surface area contributed by atoms with Gasteiger partial charge in [0, 0.05) is 24.5 Å². The Kier molecular flexibility index (Phi) is 3.72. The zero-order valence-corrected chi connectivity index (χ0v) is 11.1. The number of rotatable bonds is 2. The Balaban J connectivity index is 2.09. The first-order chi connectivity index (χ1) is 8.11. The van der Waals surface area contributed by atoms with Gasteiger partial charge in [0.05, 0.1) is 0 Å². The third-order valence-electron chi connectivity index (χ3n) is 3.63. The second-order valence-corrected chi connectivity index (χ2v) is 5.26. The quantitative estimate of drug-likeness (QED) is 0.740. The maximum absolute atomic E-state index is 12.2. The molecular weight excluding hydrogens is 234 g/mol. The molecule has 2 atom stereocenters. The van der Waals surface area contributed by atoms with Crippen molar-refractivity contribution in [2.24, 2.45) is 11.8 Å². The number of halogens is 1. The van der Waals surface area contributed by atoms with Crippen molar-refractivity contribution in [1.82, 2.24) is 4.90 Å². The Bertz CT molecular complexity index is 391. The number of benzene rings is 1. The van der Waals surface area contributed by atoms with Gasteiger partial charge in [-0.1, -0.05) is 26.0 Å². The summed E-state index contributed by atoms with van der Waals surface area (Å²) in [5.41, 5.74) is 1.81. The molecular formula is C14H18ClNO. The van der Waals surface area contributed by atoms with Gasteiger partial charge in [0.15, 0.2) is 0 Å². The predicted molar refractivity (Wildman–Crippen MR) is 70.2 cm³/mol. The standard InChI is InChI=1S/C14H18ClNO/c1-10-8-16(9-11(10)2)14(17)13-5-3-12(7-15)4-6-13/h3-6,10-11H,7-9H2,1-2H3. The van der Waals surface area contributed by atoms with E-state index in [4.69, 9.17) is 11.6 Å². The molecule has 1 amide bonds. The first-order valence-electron chi connectivity index (χ1n) is 6.06. The highest BCUT2D eigenvalue weighted by Gasteiger charge is 2.29. The van der Waals surface area contributed by atoms with E-state index < -0.39 is 0 Å². The molecule has 2 nitrogen and oxygen atoms in total.